The Kier molecular flexibility index (Phi) is 5.76. The van der Waals surface area contributed by atoms with Crippen molar-refractivity contribution in [2.75, 3.05) is 18.9 Å². The number of benzene rings is 1. The number of nitrogens with one attached hydrogen (secondary N) is 1. The van der Waals surface area contributed by atoms with E-state index >= 15 is 0 Å². The molecule has 0 saturated heterocycles. The van der Waals surface area contributed by atoms with Gasteiger partial charge in [0.25, 0.3) is 5.69 Å². The van der Waals surface area contributed by atoms with Crippen molar-refractivity contribution >= 4 is 11.4 Å². The summed E-state index contributed by atoms with van der Waals surface area (Å²) >= 11 is 0. The standard InChI is InChI=1S/C14H23N3O2/c1-5-11(3)16(4)10-12-8-7-9-13(17(18)19)14(12)15-6-2/h7-9,11,15H,5-6,10H2,1-4H3. The molecule has 1 atom stereocenters. The Hall–Kier alpha value is -1.62. The quantitative estimate of drug-likeness (QED) is 0.607. The van der Waals surface area contributed by atoms with E-state index in [1.807, 2.05) is 20.0 Å². The van der Waals surface area contributed by atoms with E-state index in [4.69, 9.17) is 0 Å². The number of hydrogen-bond donors (Lipinski definition) is 1. The Labute approximate surface area is 114 Å². The van der Waals surface area contributed by atoms with Gasteiger partial charge in [0.1, 0.15) is 5.69 Å². The maximum atomic E-state index is 11.1. The van der Waals surface area contributed by atoms with Gasteiger partial charge in [-0.05, 0) is 32.9 Å². The third kappa shape index (κ3) is 3.92. The van der Waals surface area contributed by atoms with E-state index in [9.17, 15) is 10.1 Å². The van der Waals surface area contributed by atoms with Crippen LogP contribution in [0.15, 0.2) is 18.2 Å². The molecular formula is C14H23N3O2. The van der Waals surface area contributed by atoms with E-state index in [0.717, 1.165) is 12.0 Å². The van der Waals surface area contributed by atoms with Crippen LogP contribution < -0.4 is 5.32 Å². The predicted molar refractivity (Wildman–Crippen MR) is 78.5 cm³/mol. The van der Waals surface area contributed by atoms with E-state index in [-0.39, 0.29) is 10.6 Å². The molecule has 1 aromatic carbocycles. The Bertz CT molecular complexity index is 435. The van der Waals surface area contributed by atoms with Crippen molar-refractivity contribution in [3.8, 4) is 0 Å². The molecular weight excluding hydrogens is 242 g/mol. The van der Waals surface area contributed by atoms with E-state index in [1.165, 1.54) is 0 Å². The van der Waals surface area contributed by atoms with Crippen molar-refractivity contribution in [3.05, 3.63) is 33.9 Å². The van der Waals surface area contributed by atoms with Gasteiger partial charge in [0.05, 0.1) is 4.92 Å². The summed E-state index contributed by atoms with van der Waals surface area (Å²) in [4.78, 5) is 13.0. The summed E-state index contributed by atoms with van der Waals surface area (Å²) in [6, 6.07) is 5.70. The van der Waals surface area contributed by atoms with Gasteiger partial charge in [-0.15, -0.1) is 0 Å². The first-order chi connectivity index (χ1) is 9.01. The molecule has 0 bridgehead atoms. The molecule has 0 heterocycles. The second kappa shape index (κ2) is 7.09. The average molecular weight is 265 g/mol. The molecule has 0 aromatic heterocycles. The lowest BCUT2D eigenvalue weighted by molar-refractivity contribution is -0.384. The fraction of sp³-hybridized carbons (Fsp3) is 0.571. The van der Waals surface area contributed by atoms with Gasteiger partial charge in [-0.2, -0.15) is 0 Å². The lowest BCUT2D eigenvalue weighted by Gasteiger charge is -2.24. The van der Waals surface area contributed by atoms with Crippen LogP contribution >= 0.6 is 0 Å². The van der Waals surface area contributed by atoms with Crippen LogP contribution in [-0.2, 0) is 6.54 Å². The topological polar surface area (TPSA) is 58.4 Å². The smallest absolute Gasteiger partial charge is 0.292 e. The van der Waals surface area contributed by atoms with Crippen LogP contribution in [0.5, 0.6) is 0 Å². The molecule has 0 fully saturated rings. The van der Waals surface area contributed by atoms with Crippen LogP contribution in [0.4, 0.5) is 11.4 Å². The molecule has 0 amide bonds. The van der Waals surface area contributed by atoms with Crippen molar-refractivity contribution in [1.29, 1.82) is 0 Å². The van der Waals surface area contributed by atoms with Crippen LogP contribution in [0, 0.1) is 10.1 Å². The monoisotopic (exact) mass is 265 g/mol. The minimum Gasteiger partial charge on any atom is -0.380 e. The van der Waals surface area contributed by atoms with Gasteiger partial charge in [-0.25, -0.2) is 0 Å². The zero-order valence-corrected chi connectivity index (χ0v) is 12.1. The minimum absolute atomic E-state index is 0.150. The first-order valence-electron chi connectivity index (χ1n) is 6.71. The second-order valence-corrected chi connectivity index (χ2v) is 4.77. The first kappa shape index (κ1) is 15.4. The number of rotatable bonds is 7. The number of para-hydroxylation sites is 1. The number of nitro groups is 1. The zero-order valence-electron chi connectivity index (χ0n) is 12.1. The van der Waals surface area contributed by atoms with Gasteiger partial charge in [0.15, 0.2) is 0 Å². The number of nitro benzene ring substituents is 1. The third-order valence-corrected chi connectivity index (χ3v) is 3.44. The van der Waals surface area contributed by atoms with Gasteiger partial charge in [0, 0.05) is 25.2 Å². The molecule has 0 aliphatic rings. The van der Waals surface area contributed by atoms with Crippen LogP contribution in [0.2, 0.25) is 0 Å². The summed E-state index contributed by atoms with van der Waals surface area (Å²) in [5.74, 6) is 0. The van der Waals surface area contributed by atoms with Crippen LogP contribution in [-0.4, -0.2) is 29.5 Å². The van der Waals surface area contributed by atoms with Gasteiger partial charge < -0.3 is 5.32 Å². The van der Waals surface area contributed by atoms with Gasteiger partial charge in [-0.3, -0.25) is 15.0 Å². The number of anilines is 1. The molecule has 106 valence electrons. The predicted octanol–water partition coefficient (Wildman–Crippen LogP) is 3.26. The highest BCUT2D eigenvalue weighted by Gasteiger charge is 2.18. The highest BCUT2D eigenvalue weighted by molar-refractivity contribution is 5.66. The zero-order chi connectivity index (χ0) is 14.4. The number of hydrogen-bond acceptors (Lipinski definition) is 4. The maximum absolute atomic E-state index is 11.1. The summed E-state index contributed by atoms with van der Waals surface area (Å²) < 4.78 is 0. The summed E-state index contributed by atoms with van der Waals surface area (Å²) in [5.41, 5.74) is 1.76. The minimum atomic E-state index is -0.329. The van der Waals surface area contributed by atoms with Crippen molar-refractivity contribution < 1.29 is 4.92 Å². The Morgan fingerprint density at radius 2 is 2.11 bits per heavy atom. The molecule has 1 rings (SSSR count). The number of nitrogens with zero attached hydrogens (tertiary/aromatic N) is 2. The largest absolute Gasteiger partial charge is 0.380 e. The SMILES string of the molecule is CCNc1c(CN(C)C(C)CC)cccc1[N+](=O)[O-]. The summed E-state index contributed by atoms with van der Waals surface area (Å²) in [7, 11) is 2.04. The molecule has 5 heteroatoms. The summed E-state index contributed by atoms with van der Waals surface area (Å²) in [6.45, 7) is 7.62. The molecule has 1 aromatic rings. The van der Waals surface area contributed by atoms with E-state index in [1.54, 1.807) is 12.1 Å². The molecule has 1 N–H and O–H groups in total. The Balaban J connectivity index is 3.05. The molecule has 0 spiro atoms. The van der Waals surface area contributed by atoms with Crippen molar-refractivity contribution in [1.82, 2.24) is 4.90 Å². The Morgan fingerprint density at radius 3 is 2.63 bits per heavy atom. The van der Waals surface area contributed by atoms with Gasteiger partial charge in [0.2, 0.25) is 0 Å². The molecule has 0 radical (unpaired) electrons. The highest BCUT2D eigenvalue weighted by Crippen LogP contribution is 2.29. The van der Waals surface area contributed by atoms with Crippen LogP contribution in [0.3, 0.4) is 0 Å². The van der Waals surface area contributed by atoms with Gasteiger partial charge in [-0.1, -0.05) is 19.1 Å². The lowest BCUT2D eigenvalue weighted by Crippen LogP contribution is -2.28. The third-order valence-electron chi connectivity index (χ3n) is 3.44. The van der Waals surface area contributed by atoms with Crippen molar-refractivity contribution in [3.63, 3.8) is 0 Å². The Morgan fingerprint density at radius 1 is 1.42 bits per heavy atom. The van der Waals surface area contributed by atoms with E-state index in [2.05, 4.69) is 24.1 Å². The van der Waals surface area contributed by atoms with Gasteiger partial charge >= 0.3 is 0 Å². The fourth-order valence-corrected chi connectivity index (χ4v) is 1.99. The maximum Gasteiger partial charge on any atom is 0.292 e. The average Bonchev–Trinajstić information content (AvgIpc) is 2.39. The van der Waals surface area contributed by atoms with E-state index < -0.39 is 0 Å². The molecule has 1 unspecified atom stereocenters. The second-order valence-electron chi connectivity index (χ2n) is 4.77. The van der Waals surface area contributed by atoms with Crippen molar-refractivity contribution in [2.24, 2.45) is 0 Å². The normalized spacial score (nSPS) is 12.5. The molecule has 5 nitrogen and oxygen atoms in total. The molecule has 0 aliphatic carbocycles. The molecule has 0 aliphatic heterocycles. The van der Waals surface area contributed by atoms with Crippen LogP contribution in [0.25, 0.3) is 0 Å². The van der Waals surface area contributed by atoms with E-state index in [0.29, 0.717) is 24.8 Å². The van der Waals surface area contributed by atoms with Crippen molar-refractivity contribution in [2.45, 2.75) is 39.8 Å². The highest BCUT2D eigenvalue weighted by atomic mass is 16.6. The fourth-order valence-electron chi connectivity index (χ4n) is 1.99. The summed E-state index contributed by atoms with van der Waals surface area (Å²) in [6.07, 6.45) is 1.06. The first-order valence-corrected chi connectivity index (χ1v) is 6.71. The molecule has 0 saturated carbocycles. The van der Waals surface area contributed by atoms with Crippen LogP contribution in [0.1, 0.15) is 32.8 Å². The summed E-state index contributed by atoms with van der Waals surface area (Å²) in [5, 5.41) is 14.2. The molecule has 19 heavy (non-hydrogen) atoms. The lowest BCUT2D eigenvalue weighted by atomic mass is 10.1.